The van der Waals surface area contributed by atoms with Crippen molar-refractivity contribution in [1.82, 2.24) is 18.7 Å². The molecule has 0 radical (unpaired) electrons. The monoisotopic (exact) mass is 446 g/mol. The van der Waals surface area contributed by atoms with E-state index in [1.165, 1.54) is 16.2 Å². The highest BCUT2D eigenvalue weighted by molar-refractivity contribution is 5.89. The minimum absolute atomic E-state index is 0.247. The van der Waals surface area contributed by atoms with Crippen molar-refractivity contribution in [1.29, 1.82) is 0 Å². The lowest BCUT2D eigenvalue weighted by Crippen LogP contribution is -2.39. The highest BCUT2D eigenvalue weighted by Crippen LogP contribution is 2.19. The number of hydrogen-bond acceptors (Lipinski definition) is 5. The Kier molecular flexibility index (Phi) is 6.00. The van der Waals surface area contributed by atoms with Gasteiger partial charge in [0.05, 0.1) is 24.7 Å². The number of methoxy groups -OCH3 is 1. The summed E-state index contributed by atoms with van der Waals surface area (Å²) in [7, 11) is 1.34. The van der Waals surface area contributed by atoms with Crippen molar-refractivity contribution in [2.45, 2.75) is 39.8 Å². The van der Waals surface area contributed by atoms with Crippen molar-refractivity contribution in [2.75, 3.05) is 7.11 Å². The number of hydrogen-bond donors (Lipinski definition) is 0. The molecule has 2 heterocycles. The van der Waals surface area contributed by atoms with Crippen LogP contribution in [0.25, 0.3) is 16.9 Å². The molecule has 0 aliphatic rings. The standard InChI is InChI=1S/C25H26N4O4/c1-5-28-23(30)21-22(29(25(28)32)20-12-10-18(11-13-20)16(2)3)26-15-27(21)14-17-6-8-19(9-7-17)24(31)33-4/h6-13,15-16H,5,14H2,1-4H3. The van der Waals surface area contributed by atoms with E-state index in [0.29, 0.717) is 34.9 Å². The predicted molar refractivity (Wildman–Crippen MR) is 126 cm³/mol. The molecule has 0 spiro atoms. The summed E-state index contributed by atoms with van der Waals surface area (Å²) in [6, 6.07) is 14.7. The van der Waals surface area contributed by atoms with Crippen LogP contribution in [0, 0.1) is 0 Å². The summed E-state index contributed by atoms with van der Waals surface area (Å²) in [5.41, 5.74) is 3.01. The molecule has 8 nitrogen and oxygen atoms in total. The Hall–Kier alpha value is -3.94. The van der Waals surface area contributed by atoms with Gasteiger partial charge in [-0.25, -0.2) is 19.1 Å². The summed E-state index contributed by atoms with van der Waals surface area (Å²) in [6.45, 7) is 6.59. The molecule has 2 aromatic heterocycles. The first-order chi connectivity index (χ1) is 15.8. The minimum Gasteiger partial charge on any atom is -0.465 e. The van der Waals surface area contributed by atoms with Gasteiger partial charge in [-0.15, -0.1) is 0 Å². The predicted octanol–water partition coefficient (Wildman–Crippen LogP) is 3.33. The van der Waals surface area contributed by atoms with Gasteiger partial charge >= 0.3 is 11.7 Å². The zero-order valence-electron chi connectivity index (χ0n) is 19.1. The number of carbonyl (C=O) groups is 1. The highest BCUT2D eigenvalue weighted by Gasteiger charge is 2.19. The van der Waals surface area contributed by atoms with E-state index in [2.05, 4.69) is 18.8 Å². The smallest absolute Gasteiger partial charge is 0.337 e. The van der Waals surface area contributed by atoms with Crippen molar-refractivity contribution < 1.29 is 9.53 Å². The summed E-state index contributed by atoms with van der Waals surface area (Å²) < 4.78 is 9.18. The minimum atomic E-state index is -0.417. The second-order valence-corrected chi connectivity index (χ2v) is 8.15. The third kappa shape index (κ3) is 4.00. The van der Waals surface area contributed by atoms with Crippen LogP contribution >= 0.6 is 0 Å². The molecule has 170 valence electrons. The van der Waals surface area contributed by atoms with E-state index in [9.17, 15) is 14.4 Å². The fourth-order valence-corrected chi connectivity index (χ4v) is 3.88. The number of imidazole rings is 1. The number of nitrogens with zero attached hydrogens (tertiary/aromatic N) is 4. The third-order valence-corrected chi connectivity index (χ3v) is 5.76. The van der Waals surface area contributed by atoms with Crippen LogP contribution in [0.15, 0.2) is 64.4 Å². The first kappa shape index (κ1) is 22.3. The molecule has 0 unspecified atom stereocenters. The number of benzene rings is 2. The number of esters is 1. The maximum atomic E-state index is 13.2. The van der Waals surface area contributed by atoms with E-state index in [0.717, 1.165) is 11.1 Å². The lowest BCUT2D eigenvalue weighted by molar-refractivity contribution is 0.0600. The SMILES string of the molecule is CCn1c(=O)c2c(ncn2Cc2ccc(C(=O)OC)cc2)n(-c2ccc(C(C)C)cc2)c1=O. The van der Waals surface area contributed by atoms with E-state index in [1.807, 2.05) is 24.3 Å². The van der Waals surface area contributed by atoms with Crippen LogP contribution in [-0.2, 0) is 17.8 Å². The third-order valence-electron chi connectivity index (χ3n) is 5.76. The maximum absolute atomic E-state index is 13.2. The average molecular weight is 447 g/mol. The first-order valence-electron chi connectivity index (χ1n) is 10.8. The van der Waals surface area contributed by atoms with Gasteiger partial charge in [-0.05, 0) is 48.2 Å². The lowest BCUT2D eigenvalue weighted by atomic mass is 10.0. The first-order valence-corrected chi connectivity index (χ1v) is 10.8. The Morgan fingerprint density at radius 1 is 1.03 bits per heavy atom. The Morgan fingerprint density at radius 2 is 1.70 bits per heavy atom. The molecule has 0 bridgehead atoms. The fourth-order valence-electron chi connectivity index (χ4n) is 3.88. The van der Waals surface area contributed by atoms with Crippen LogP contribution in [0.3, 0.4) is 0 Å². The van der Waals surface area contributed by atoms with E-state index in [1.54, 1.807) is 42.1 Å². The average Bonchev–Trinajstić information content (AvgIpc) is 3.23. The van der Waals surface area contributed by atoms with Gasteiger partial charge in [-0.3, -0.25) is 9.36 Å². The van der Waals surface area contributed by atoms with Crippen LogP contribution in [0.5, 0.6) is 0 Å². The van der Waals surface area contributed by atoms with Crippen molar-refractivity contribution in [3.8, 4) is 5.69 Å². The Bertz CT molecular complexity index is 1430. The maximum Gasteiger partial charge on any atom is 0.337 e. The van der Waals surface area contributed by atoms with Gasteiger partial charge in [-0.1, -0.05) is 38.1 Å². The molecule has 0 aliphatic heterocycles. The van der Waals surface area contributed by atoms with Crippen LogP contribution in [-0.4, -0.2) is 31.8 Å². The van der Waals surface area contributed by atoms with E-state index in [-0.39, 0.29) is 12.1 Å². The molecule has 0 saturated heterocycles. The normalized spacial score (nSPS) is 11.3. The number of rotatable bonds is 6. The van der Waals surface area contributed by atoms with Gasteiger partial charge in [0.15, 0.2) is 11.2 Å². The molecule has 0 amide bonds. The summed E-state index contributed by atoms with van der Waals surface area (Å²) in [6.07, 6.45) is 1.57. The van der Waals surface area contributed by atoms with E-state index >= 15 is 0 Å². The van der Waals surface area contributed by atoms with Crippen molar-refractivity contribution in [2.24, 2.45) is 0 Å². The molecule has 0 atom stereocenters. The molecule has 0 aliphatic carbocycles. The Labute approximate surface area is 190 Å². The van der Waals surface area contributed by atoms with Crippen molar-refractivity contribution in [3.05, 3.63) is 92.4 Å². The number of carbonyl (C=O) groups excluding carboxylic acids is 1. The number of ether oxygens (including phenoxy) is 1. The van der Waals surface area contributed by atoms with Gasteiger partial charge in [-0.2, -0.15) is 0 Å². The molecule has 33 heavy (non-hydrogen) atoms. The molecule has 4 rings (SSSR count). The quantitative estimate of drug-likeness (QED) is 0.424. The fraction of sp³-hybridized carbons (Fsp3) is 0.280. The molecule has 0 N–H and O–H groups in total. The zero-order chi connectivity index (χ0) is 23.7. The topological polar surface area (TPSA) is 88.1 Å². The van der Waals surface area contributed by atoms with Gasteiger partial charge < -0.3 is 9.30 Å². The zero-order valence-corrected chi connectivity index (χ0v) is 19.1. The largest absolute Gasteiger partial charge is 0.465 e. The van der Waals surface area contributed by atoms with Crippen LogP contribution in [0.2, 0.25) is 0 Å². The van der Waals surface area contributed by atoms with Crippen LogP contribution < -0.4 is 11.2 Å². The highest BCUT2D eigenvalue weighted by atomic mass is 16.5. The molecular weight excluding hydrogens is 420 g/mol. The van der Waals surface area contributed by atoms with Gasteiger partial charge in [0.1, 0.15) is 0 Å². The summed E-state index contributed by atoms with van der Waals surface area (Å²) in [5, 5.41) is 0. The van der Waals surface area contributed by atoms with Crippen LogP contribution in [0.1, 0.15) is 48.2 Å². The molecule has 0 saturated carbocycles. The van der Waals surface area contributed by atoms with E-state index < -0.39 is 11.7 Å². The summed E-state index contributed by atoms with van der Waals surface area (Å²) >= 11 is 0. The Morgan fingerprint density at radius 3 is 2.27 bits per heavy atom. The second-order valence-electron chi connectivity index (χ2n) is 8.15. The molecule has 2 aromatic carbocycles. The van der Waals surface area contributed by atoms with Crippen LogP contribution in [0.4, 0.5) is 0 Å². The van der Waals surface area contributed by atoms with Gasteiger partial charge in [0.2, 0.25) is 0 Å². The van der Waals surface area contributed by atoms with E-state index in [4.69, 9.17) is 4.74 Å². The van der Waals surface area contributed by atoms with Crippen molar-refractivity contribution in [3.63, 3.8) is 0 Å². The number of aromatic nitrogens is 4. The molecule has 4 aromatic rings. The summed E-state index contributed by atoms with van der Waals surface area (Å²) in [5.74, 6) is -0.0434. The molecule has 8 heteroatoms. The number of fused-ring (bicyclic) bond motifs is 1. The lowest BCUT2D eigenvalue weighted by Gasteiger charge is -2.13. The van der Waals surface area contributed by atoms with Gasteiger partial charge in [0.25, 0.3) is 5.56 Å². The second kappa shape index (κ2) is 8.90. The molecule has 0 fully saturated rings. The van der Waals surface area contributed by atoms with Crippen molar-refractivity contribution >= 4 is 17.1 Å². The van der Waals surface area contributed by atoms with Gasteiger partial charge in [0, 0.05) is 13.1 Å². The summed E-state index contributed by atoms with van der Waals surface area (Å²) in [4.78, 5) is 42.5. The Balaban J connectivity index is 1.84. The molecular formula is C25H26N4O4.